The van der Waals surface area contributed by atoms with Gasteiger partial charge >= 0.3 is 6.18 Å². The van der Waals surface area contributed by atoms with Gasteiger partial charge in [-0.3, -0.25) is 4.79 Å². The summed E-state index contributed by atoms with van der Waals surface area (Å²) in [6, 6.07) is 5.23. The molecule has 0 saturated heterocycles. The predicted octanol–water partition coefficient (Wildman–Crippen LogP) is 3.31. The lowest BCUT2D eigenvalue weighted by Crippen LogP contribution is -2.37. The third kappa shape index (κ3) is 5.71. The molecule has 21 heavy (non-hydrogen) atoms. The van der Waals surface area contributed by atoms with Crippen LogP contribution in [0.4, 0.5) is 17.6 Å². The molecule has 118 valence electrons. The Bertz CT molecular complexity index is 459. The first-order chi connectivity index (χ1) is 9.74. The van der Waals surface area contributed by atoms with Crippen LogP contribution in [0.5, 0.6) is 0 Å². The van der Waals surface area contributed by atoms with E-state index in [0.717, 1.165) is 0 Å². The number of alkyl halides is 3. The minimum Gasteiger partial charge on any atom is -0.362 e. The Morgan fingerprint density at radius 2 is 1.86 bits per heavy atom. The molecule has 0 radical (unpaired) electrons. The Morgan fingerprint density at radius 3 is 2.33 bits per heavy atom. The molecule has 0 aliphatic heterocycles. The zero-order chi connectivity index (χ0) is 16.0. The van der Waals surface area contributed by atoms with Crippen LogP contribution in [-0.4, -0.2) is 36.7 Å². The molecule has 1 rings (SSSR count). The highest BCUT2D eigenvalue weighted by atomic mass is 19.4. The molecule has 0 bridgehead atoms. The summed E-state index contributed by atoms with van der Waals surface area (Å²) in [5.74, 6) is -0.938. The van der Waals surface area contributed by atoms with Crippen LogP contribution in [0, 0.1) is 5.82 Å². The minimum atomic E-state index is -4.46. The molecule has 0 aliphatic rings. The molecule has 0 fully saturated rings. The van der Waals surface area contributed by atoms with Gasteiger partial charge < -0.3 is 9.64 Å². The monoisotopic (exact) mass is 307 g/mol. The SMILES string of the molecule is CCN(C(=O)COCC(F)(F)F)C(C)c1ccc(F)cc1. The van der Waals surface area contributed by atoms with Gasteiger partial charge in [-0.15, -0.1) is 0 Å². The van der Waals surface area contributed by atoms with Crippen LogP contribution in [0.25, 0.3) is 0 Å². The maximum absolute atomic E-state index is 12.9. The zero-order valence-electron chi connectivity index (χ0n) is 11.8. The Morgan fingerprint density at radius 1 is 1.29 bits per heavy atom. The van der Waals surface area contributed by atoms with Gasteiger partial charge in [0, 0.05) is 6.54 Å². The van der Waals surface area contributed by atoms with Crippen LogP contribution in [0.2, 0.25) is 0 Å². The average molecular weight is 307 g/mol. The summed E-state index contributed by atoms with van der Waals surface area (Å²) in [7, 11) is 0. The highest BCUT2D eigenvalue weighted by Gasteiger charge is 2.28. The Labute approximate surface area is 120 Å². The third-order valence-electron chi connectivity index (χ3n) is 2.97. The summed E-state index contributed by atoms with van der Waals surface area (Å²) in [6.45, 7) is 1.65. The van der Waals surface area contributed by atoms with E-state index >= 15 is 0 Å². The maximum atomic E-state index is 12.9. The summed E-state index contributed by atoms with van der Waals surface area (Å²) in [4.78, 5) is 13.3. The number of likely N-dealkylation sites (N-methyl/N-ethyl adjacent to an activating group) is 1. The lowest BCUT2D eigenvalue weighted by molar-refractivity contribution is -0.178. The first-order valence-corrected chi connectivity index (χ1v) is 6.44. The van der Waals surface area contributed by atoms with Crippen LogP contribution in [-0.2, 0) is 9.53 Å². The van der Waals surface area contributed by atoms with Gasteiger partial charge in [0.05, 0.1) is 6.04 Å². The standard InChI is InChI=1S/C14H17F4NO2/c1-3-19(13(20)8-21-9-14(16,17)18)10(2)11-4-6-12(15)7-5-11/h4-7,10H,3,8-9H2,1-2H3. The molecule has 1 aromatic carbocycles. The maximum Gasteiger partial charge on any atom is 0.411 e. The van der Waals surface area contributed by atoms with Gasteiger partial charge in [-0.1, -0.05) is 12.1 Å². The van der Waals surface area contributed by atoms with Crippen molar-refractivity contribution in [1.29, 1.82) is 0 Å². The van der Waals surface area contributed by atoms with E-state index in [2.05, 4.69) is 4.74 Å². The van der Waals surface area contributed by atoms with Gasteiger partial charge in [-0.2, -0.15) is 13.2 Å². The molecule has 3 nitrogen and oxygen atoms in total. The van der Waals surface area contributed by atoms with Crippen molar-refractivity contribution in [3.05, 3.63) is 35.6 Å². The van der Waals surface area contributed by atoms with Crippen molar-refractivity contribution in [3.63, 3.8) is 0 Å². The quantitative estimate of drug-likeness (QED) is 0.755. The van der Waals surface area contributed by atoms with E-state index in [0.29, 0.717) is 12.1 Å². The van der Waals surface area contributed by atoms with Gasteiger partial charge in [0.1, 0.15) is 19.0 Å². The normalized spacial score (nSPS) is 13.0. The number of rotatable bonds is 6. The van der Waals surface area contributed by atoms with Gasteiger partial charge in [0.2, 0.25) is 5.91 Å². The number of carbonyl (C=O) groups excluding carboxylic acids is 1. The number of benzene rings is 1. The molecule has 1 unspecified atom stereocenters. The fourth-order valence-electron chi connectivity index (χ4n) is 1.92. The lowest BCUT2D eigenvalue weighted by Gasteiger charge is -2.28. The van der Waals surface area contributed by atoms with Crippen molar-refractivity contribution in [2.75, 3.05) is 19.8 Å². The number of carbonyl (C=O) groups is 1. The summed E-state index contributed by atoms with van der Waals surface area (Å²) in [6.07, 6.45) is -4.46. The van der Waals surface area contributed by atoms with E-state index in [1.807, 2.05) is 0 Å². The van der Waals surface area contributed by atoms with Gasteiger partial charge in [0.15, 0.2) is 0 Å². The van der Waals surface area contributed by atoms with Crippen molar-refractivity contribution >= 4 is 5.91 Å². The number of hydrogen-bond acceptors (Lipinski definition) is 2. The van der Waals surface area contributed by atoms with Gasteiger partial charge in [-0.25, -0.2) is 4.39 Å². The Hall–Kier alpha value is -1.63. The highest BCUT2D eigenvalue weighted by Crippen LogP contribution is 2.21. The third-order valence-corrected chi connectivity index (χ3v) is 2.97. The largest absolute Gasteiger partial charge is 0.411 e. The van der Waals surface area contributed by atoms with Crippen molar-refractivity contribution in [2.24, 2.45) is 0 Å². The smallest absolute Gasteiger partial charge is 0.362 e. The van der Waals surface area contributed by atoms with E-state index in [9.17, 15) is 22.4 Å². The van der Waals surface area contributed by atoms with E-state index in [-0.39, 0.29) is 6.04 Å². The van der Waals surface area contributed by atoms with E-state index in [1.165, 1.54) is 29.2 Å². The zero-order valence-corrected chi connectivity index (χ0v) is 11.8. The molecule has 0 spiro atoms. The minimum absolute atomic E-state index is 0.312. The van der Waals surface area contributed by atoms with Crippen LogP contribution < -0.4 is 0 Å². The number of ether oxygens (including phenoxy) is 1. The lowest BCUT2D eigenvalue weighted by atomic mass is 10.1. The fourth-order valence-corrected chi connectivity index (χ4v) is 1.92. The fraction of sp³-hybridized carbons (Fsp3) is 0.500. The number of hydrogen-bond donors (Lipinski definition) is 0. The van der Waals surface area contributed by atoms with Crippen molar-refractivity contribution in [2.45, 2.75) is 26.1 Å². The Balaban J connectivity index is 2.64. The number of amides is 1. The summed E-state index contributed by atoms with van der Waals surface area (Å²) < 4.78 is 53.1. The predicted molar refractivity (Wildman–Crippen MR) is 69.1 cm³/mol. The second kappa shape index (κ2) is 7.40. The summed E-state index contributed by atoms with van der Waals surface area (Å²) in [5, 5.41) is 0. The topological polar surface area (TPSA) is 29.5 Å². The molecule has 1 atom stereocenters. The molecule has 0 N–H and O–H groups in total. The highest BCUT2D eigenvalue weighted by molar-refractivity contribution is 5.77. The molecule has 0 aromatic heterocycles. The first kappa shape index (κ1) is 17.4. The van der Waals surface area contributed by atoms with Crippen LogP contribution >= 0.6 is 0 Å². The van der Waals surface area contributed by atoms with E-state index in [1.54, 1.807) is 13.8 Å². The van der Waals surface area contributed by atoms with Crippen LogP contribution in [0.15, 0.2) is 24.3 Å². The average Bonchev–Trinajstić information content (AvgIpc) is 2.38. The van der Waals surface area contributed by atoms with E-state index in [4.69, 9.17) is 0 Å². The molecular weight excluding hydrogens is 290 g/mol. The molecule has 0 heterocycles. The molecule has 0 saturated carbocycles. The second-order valence-electron chi connectivity index (χ2n) is 4.52. The van der Waals surface area contributed by atoms with Crippen LogP contribution in [0.1, 0.15) is 25.5 Å². The van der Waals surface area contributed by atoms with Crippen LogP contribution in [0.3, 0.4) is 0 Å². The second-order valence-corrected chi connectivity index (χ2v) is 4.52. The molecule has 1 aromatic rings. The Kier molecular flexibility index (Phi) is 6.14. The molecule has 7 heteroatoms. The van der Waals surface area contributed by atoms with Gasteiger partial charge in [0.25, 0.3) is 0 Å². The molecule has 1 amide bonds. The van der Waals surface area contributed by atoms with E-state index < -0.39 is 31.1 Å². The molecular formula is C14H17F4NO2. The molecule has 0 aliphatic carbocycles. The van der Waals surface area contributed by atoms with Gasteiger partial charge in [-0.05, 0) is 31.5 Å². The number of nitrogens with zero attached hydrogens (tertiary/aromatic N) is 1. The van der Waals surface area contributed by atoms with Crippen molar-refractivity contribution in [3.8, 4) is 0 Å². The summed E-state index contributed by atoms with van der Waals surface area (Å²) in [5.41, 5.74) is 0.697. The number of halogens is 4. The van der Waals surface area contributed by atoms with Crippen molar-refractivity contribution < 1.29 is 27.1 Å². The van der Waals surface area contributed by atoms with Crippen molar-refractivity contribution in [1.82, 2.24) is 4.90 Å². The summed E-state index contributed by atoms with van der Waals surface area (Å²) >= 11 is 0. The first-order valence-electron chi connectivity index (χ1n) is 6.44.